The zero-order valence-electron chi connectivity index (χ0n) is 17.8. The number of furan rings is 1. The van der Waals surface area contributed by atoms with Gasteiger partial charge in [0.1, 0.15) is 11.3 Å². The molecule has 1 heterocycles. The topological polar surface area (TPSA) is 51.5 Å². The van der Waals surface area contributed by atoms with E-state index in [4.69, 9.17) is 32.4 Å². The number of fused-ring (bicyclic) bond motifs is 1. The lowest BCUT2D eigenvalue weighted by Crippen LogP contribution is -2.09. The summed E-state index contributed by atoms with van der Waals surface area (Å²) in [6.45, 7) is 3.91. The highest BCUT2D eigenvalue weighted by Gasteiger charge is 2.15. The zero-order chi connectivity index (χ0) is 22.8. The first-order valence-electron chi connectivity index (χ1n) is 9.96. The fraction of sp³-hybridized carbons (Fsp3) is 0.115. The lowest BCUT2D eigenvalue weighted by Gasteiger charge is -2.11. The van der Waals surface area contributed by atoms with Crippen molar-refractivity contribution in [3.8, 4) is 16.9 Å². The number of allylic oxidation sites excluding steroid dienone is 1. The average molecular weight is 466 g/mol. The molecular weight excluding hydrogens is 445 g/mol. The van der Waals surface area contributed by atoms with E-state index < -0.39 is 0 Å². The molecule has 162 valence electrons. The highest BCUT2D eigenvalue weighted by Crippen LogP contribution is 2.37. The van der Waals surface area contributed by atoms with Crippen LogP contribution in [0.15, 0.2) is 71.4 Å². The largest absolute Gasteiger partial charge is 0.496 e. The first kappa shape index (κ1) is 22.0. The molecule has 3 aromatic carbocycles. The molecule has 0 saturated carbocycles. The third kappa shape index (κ3) is 4.52. The molecule has 0 saturated heterocycles. The molecule has 4 aromatic rings. The Hall–Kier alpha value is -3.21. The minimum atomic E-state index is -0.306. The van der Waals surface area contributed by atoms with Gasteiger partial charge in [0.25, 0.3) is 0 Å². The second-order valence-electron chi connectivity index (χ2n) is 7.50. The number of methoxy groups -OCH3 is 1. The summed E-state index contributed by atoms with van der Waals surface area (Å²) >= 11 is 12.1. The van der Waals surface area contributed by atoms with Gasteiger partial charge in [0.15, 0.2) is 0 Å². The molecule has 0 fully saturated rings. The number of hydrogen-bond donors (Lipinski definition) is 1. The Kier molecular flexibility index (Phi) is 6.26. The van der Waals surface area contributed by atoms with E-state index in [1.54, 1.807) is 31.6 Å². The van der Waals surface area contributed by atoms with Crippen molar-refractivity contribution in [3.05, 3.63) is 88.1 Å². The normalized spacial score (nSPS) is 11.6. The molecular formula is C26H21Cl2NO3. The highest BCUT2D eigenvalue weighted by molar-refractivity contribution is 6.36. The predicted octanol–water partition coefficient (Wildman–Crippen LogP) is 7.77. The van der Waals surface area contributed by atoms with Crippen molar-refractivity contribution >= 4 is 51.3 Å². The van der Waals surface area contributed by atoms with E-state index in [9.17, 15) is 4.79 Å². The van der Waals surface area contributed by atoms with Crippen LogP contribution < -0.4 is 10.1 Å². The number of benzene rings is 3. The summed E-state index contributed by atoms with van der Waals surface area (Å²) in [4.78, 5) is 12.6. The minimum absolute atomic E-state index is 0.306. The minimum Gasteiger partial charge on any atom is -0.496 e. The van der Waals surface area contributed by atoms with Gasteiger partial charge >= 0.3 is 0 Å². The van der Waals surface area contributed by atoms with Crippen molar-refractivity contribution in [2.75, 3.05) is 12.4 Å². The molecule has 0 atom stereocenters. The SMILES string of the molecule is COc1cc2occ(-c3ccc(C)cc3)c2cc1/C(C)=C/C(=O)Nc1ccc(Cl)cc1Cl. The maximum atomic E-state index is 12.6. The second kappa shape index (κ2) is 9.11. The van der Waals surface area contributed by atoms with Gasteiger partial charge in [0, 0.05) is 33.7 Å². The summed E-state index contributed by atoms with van der Waals surface area (Å²) in [5, 5.41) is 4.60. The quantitative estimate of drug-likeness (QED) is 0.306. The predicted molar refractivity (Wildman–Crippen MR) is 132 cm³/mol. The second-order valence-corrected chi connectivity index (χ2v) is 8.35. The molecule has 0 radical (unpaired) electrons. The van der Waals surface area contributed by atoms with Gasteiger partial charge in [0.05, 0.1) is 24.1 Å². The smallest absolute Gasteiger partial charge is 0.248 e. The van der Waals surface area contributed by atoms with Crippen LogP contribution in [0, 0.1) is 6.92 Å². The summed E-state index contributed by atoms with van der Waals surface area (Å²) in [6, 6.07) is 17.0. The third-order valence-corrected chi connectivity index (χ3v) is 5.77. The maximum Gasteiger partial charge on any atom is 0.248 e. The zero-order valence-corrected chi connectivity index (χ0v) is 19.3. The van der Waals surface area contributed by atoms with Crippen LogP contribution in [-0.2, 0) is 4.79 Å². The van der Waals surface area contributed by atoms with Gasteiger partial charge in [-0.05, 0) is 49.2 Å². The number of anilines is 1. The van der Waals surface area contributed by atoms with Crippen molar-refractivity contribution in [2.45, 2.75) is 13.8 Å². The van der Waals surface area contributed by atoms with Crippen LogP contribution >= 0.6 is 23.2 Å². The van der Waals surface area contributed by atoms with E-state index in [0.717, 1.165) is 27.6 Å². The monoisotopic (exact) mass is 465 g/mol. The third-order valence-electron chi connectivity index (χ3n) is 5.22. The summed E-state index contributed by atoms with van der Waals surface area (Å²) < 4.78 is 11.4. The van der Waals surface area contributed by atoms with Crippen molar-refractivity contribution in [3.63, 3.8) is 0 Å². The van der Waals surface area contributed by atoms with E-state index in [0.29, 0.717) is 27.1 Å². The van der Waals surface area contributed by atoms with Crippen LogP contribution in [0.4, 0.5) is 5.69 Å². The fourth-order valence-electron chi connectivity index (χ4n) is 3.52. The molecule has 1 aromatic heterocycles. The Bertz CT molecular complexity index is 1340. The van der Waals surface area contributed by atoms with E-state index in [2.05, 4.69) is 36.5 Å². The molecule has 0 aliphatic heterocycles. The van der Waals surface area contributed by atoms with Crippen molar-refractivity contribution in [2.24, 2.45) is 0 Å². The molecule has 0 bridgehead atoms. The van der Waals surface area contributed by atoms with Crippen molar-refractivity contribution < 1.29 is 13.9 Å². The molecule has 4 rings (SSSR count). The lowest BCUT2D eigenvalue weighted by atomic mass is 9.99. The number of rotatable bonds is 5. The number of aryl methyl sites for hydroxylation is 1. The number of hydrogen-bond acceptors (Lipinski definition) is 3. The van der Waals surface area contributed by atoms with Crippen molar-refractivity contribution in [1.29, 1.82) is 0 Å². The van der Waals surface area contributed by atoms with Crippen LogP contribution in [0.25, 0.3) is 27.7 Å². The van der Waals surface area contributed by atoms with E-state index >= 15 is 0 Å². The number of nitrogens with one attached hydrogen (secondary N) is 1. The summed E-state index contributed by atoms with van der Waals surface area (Å²) in [5.41, 5.74) is 5.97. The molecule has 0 aliphatic carbocycles. The molecule has 32 heavy (non-hydrogen) atoms. The number of amides is 1. The Morgan fingerprint density at radius 3 is 2.50 bits per heavy atom. The van der Waals surface area contributed by atoms with E-state index in [-0.39, 0.29) is 5.91 Å². The van der Waals surface area contributed by atoms with Gasteiger partial charge in [-0.15, -0.1) is 0 Å². The Morgan fingerprint density at radius 2 is 1.81 bits per heavy atom. The summed E-state index contributed by atoms with van der Waals surface area (Å²) in [6.07, 6.45) is 3.26. The first-order chi connectivity index (χ1) is 15.4. The van der Waals surface area contributed by atoms with Crippen LogP contribution in [0.2, 0.25) is 10.0 Å². The van der Waals surface area contributed by atoms with E-state index in [1.165, 1.54) is 11.6 Å². The van der Waals surface area contributed by atoms with Crippen LogP contribution in [0.5, 0.6) is 5.75 Å². The molecule has 0 spiro atoms. The Morgan fingerprint density at radius 1 is 1.06 bits per heavy atom. The van der Waals surface area contributed by atoms with Crippen LogP contribution in [0.1, 0.15) is 18.1 Å². The van der Waals surface area contributed by atoms with E-state index in [1.807, 2.05) is 19.1 Å². The summed E-state index contributed by atoms with van der Waals surface area (Å²) in [5.74, 6) is 0.313. The molecule has 6 heteroatoms. The number of carbonyl (C=O) groups excluding carboxylic acids is 1. The maximum absolute atomic E-state index is 12.6. The Balaban J connectivity index is 1.70. The van der Waals surface area contributed by atoms with Gasteiger partial charge < -0.3 is 14.5 Å². The summed E-state index contributed by atoms with van der Waals surface area (Å²) in [7, 11) is 1.59. The standard InChI is InChI=1S/C26H21Cl2NO3/c1-15-4-6-17(7-5-15)21-14-32-25-13-24(31-3)19(12-20(21)25)16(2)10-26(30)29-23-9-8-18(27)11-22(23)28/h4-14H,1-3H3,(H,29,30)/b16-10+. The van der Waals surface area contributed by atoms with Gasteiger partial charge in [0.2, 0.25) is 5.91 Å². The number of carbonyl (C=O) groups is 1. The van der Waals surface area contributed by atoms with Crippen LogP contribution in [-0.4, -0.2) is 13.0 Å². The lowest BCUT2D eigenvalue weighted by molar-refractivity contribution is -0.111. The number of halogens is 2. The highest BCUT2D eigenvalue weighted by atomic mass is 35.5. The van der Waals surface area contributed by atoms with Gasteiger partial charge in [-0.3, -0.25) is 4.79 Å². The average Bonchev–Trinajstić information content (AvgIpc) is 3.18. The van der Waals surface area contributed by atoms with Gasteiger partial charge in [-0.2, -0.15) is 0 Å². The molecule has 1 amide bonds. The molecule has 0 aliphatic rings. The molecule has 4 nitrogen and oxygen atoms in total. The van der Waals surface area contributed by atoms with Gasteiger partial charge in [-0.1, -0.05) is 53.0 Å². The van der Waals surface area contributed by atoms with Gasteiger partial charge in [-0.25, -0.2) is 0 Å². The van der Waals surface area contributed by atoms with Crippen LogP contribution in [0.3, 0.4) is 0 Å². The number of ether oxygens (including phenoxy) is 1. The fourth-order valence-corrected chi connectivity index (χ4v) is 3.98. The first-order valence-corrected chi connectivity index (χ1v) is 10.7. The molecule has 0 unspecified atom stereocenters. The Labute approximate surface area is 196 Å². The van der Waals surface area contributed by atoms with Crippen molar-refractivity contribution in [1.82, 2.24) is 0 Å². The molecule has 1 N–H and O–H groups in total.